The van der Waals surface area contributed by atoms with E-state index in [1.807, 2.05) is 25.2 Å². The van der Waals surface area contributed by atoms with Crippen LogP contribution < -0.4 is 5.73 Å². The number of allylic oxidation sites excluding steroid dienone is 5. The summed E-state index contributed by atoms with van der Waals surface area (Å²) in [5.41, 5.74) is 6.79. The van der Waals surface area contributed by atoms with Gasteiger partial charge in [0.15, 0.2) is 0 Å². The molecule has 0 fully saturated rings. The average Bonchev–Trinajstić information content (AvgIpc) is 2.04. The van der Waals surface area contributed by atoms with Crippen LogP contribution in [0.25, 0.3) is 0 Å². The Morgan fingerprint density at radius 3 is 2.67 bits per heavy atom. The summed E-state index contributed by atoms with van der Waals surface area (Å²) in [5.74, 6) is 0.532. The normalized spacial score (nSPS) is 15.1. The summed E-state index contributed by atoms with van der Waals surface area (Å²) in [7, 11) is 0. The fourth-order valence-corrected chi connectivity index (χ4v) is 1.13. The van der Waals surface area contributed by atoms with Crippen LogP contribution in [0, 0.1) is 5.92 Å². The number of hydrogen-bond donors (Lipinski definition) is 1. The molecule has 12 heavy (non-hydrogen) atoms. The Morgan fingerprint density at radius 2 is 2.25 bits per heavy atom. The Morgan fingerprint density at radius 1 is 1.58 bits per heavy atom. The fourth-order valence-electron chi connectivity index (χ4n) is 1.13. The second kappa shape index (κ2) is 6.86. The molecule has 0 aliphatic carbocycles. The molecule has 1 atom stereocenters. The minimum atomic E-state index is 0.532. The van der Waals surface area contributed by atoms with Gasteiger partial charge in [0.2, 0.25) is 0 Å². The van der Waals surface area contributed by atoms with Gasteiger partial charge in [-0.3, -0.25) is 0 Å². The van der Waals surface area contributed by atoms with Crippen LogP contribution in [0.4, 0.5) is 0 Å². The molecule has 0 bridgehead atoms. The van der Waals surface area contributed by atoms with E-state index in [2.05, 4.69) is 19.6 Å². The van der Waals surface area contributed by atoms with Gasteiger partial charge in [-0.1, -0.05) is 37.8 Å². The van der Waals surface area contributed by atoms with Crippen LogP contribution in [-0.4, -0.2) is 6.54 Å². The summed E-state index contributed by atoms with van der Waals surface area (Å²) in [6.07, 6.45) is 9.05. The predicted octanol–water partition coefficient (Wildman–Crippen LogP) is 2.66. The van der Waals surface area contributed by atoms with Crippen LogP contribution in [0.5, 0.6) is 0 Å². The summed E-state index contributed by atoms with van der Waals surface area (Å²) in [6, 6.07) is 0. The Hall–Kier alpha value is -0.820. The maximum atomic E-state index is 5.48. The monoisotopic (exact) mass is 165 g/mol. The third-order valence-corrected chi connectivity index (χ3v) is 1.84. The third-order valence-electron chi connectivity index (χ3n) is 1.84. The lowest BCUT2D eigenvalue weighted by molar-refractivity contribution is 0.635. The summed E-state index contributed by atoms with van der Waals surface area (Å²) in [4.78, 5) is 0. The highest BCUT2D eigenvalue weighted by molar-refractivity contribution is 5.24. The number of nitrogens with two attached hydrogens (primary N) is 1. The smallest absolute Gasteiger partial charge is 0.00715 e. The zero-order valence-electron chi connectivity index (χ0n) is 8.09. The first-order valence-electron chi connectivity index (χ1n) is 4.41. The molecule has 0 radical (unpaired) electrons. The van der Waals surface area contributed by atoms with Crippen LogP contribution in [0.2, 0.25) is 0 Å². The van der Waals surface area contributed by atoms with Gasteiger partial charge in [-0.15, -0.1) is 0 Å². The van der Waals surface area contributed by atoms with Gasteiger partial charge in [0, 0.05) is 0 Å². The topological polar surface area (TPSA) is 26.0 Å². The molecule has 0 saturated carbocycles. The molecular weight excluding hydrogens is 146 g/mol. The van der Waals surface area contributed by atoms with Crippen LogP contribution in [0.3, 0.4) is 0 Å². The van der Waals surface area contributed by atoms with Crippen LogP contribution >= 0.6 is 0 Å². The standard InChI is InChI=1S/C11H19N/c1-4-6-11(7-5-2)10(3)8-9-12/h4-7,10H,1,8-9,12H2,2-3H3/b7-5-,11-6+. The highest BCUT2D eigenvalue weighted by Gasteiger charge is 2.02. The average molecular weight is 165 g/mol. The molecule has 0 amide bonds. The summed E-state index contributed by atoms with van der Waals surface area (Å²) in [5, 5.41) is 0. The van der Waals surface area contributed by atoms with Crippen LogP contribution in [-0.2, 0) is 0 Å². The molecule has 0 aromatic rings. The fraction of sp³-hybridized carbons (Fsp3) is 0.455. The van der Waals surface area contributed by atoms with Gasteiger partial charge in [0.25, 0.3) is 0 Å². The lowest BCUT2D eigenvalue weighted by atomic mass is 9.97. The first-order chi connectivity index (χ1) is 5.76. The van der Waals surface area contributed by atoms with Crippen molar-refractivity contribution in [1.29, 1.82) is 0 Å². The van der Waals surface area contributed by atoms with Crippen molar-refractivity contribution in [3.8, 4) is 0 Å². The van der Waals surface area contributed by atoms with E-state index >= 15 is 0 Å². The van der Waals surface area contributed by atoms with Crippen molar-refractivity contribution in [3.63, 3.8) is 0 Å². The molecule has 0 saturated heterocycles. The van der Waals surface area contributed by atoms with Crippen molar-refractivity contribution in [1.82, 2.24) is 0 Å². The van der Waals surface area contributed by atoms with E-state index in [-0.39, 0.29) is 0 Å². The minimum absolute atomic E-state index is 0.532. The molecule has 1 unspecified atom stereocenters. The molecule has 0 aromatic heterocycles. The van der Waals surface area contributed by atoms with Gasteiger partial charge >= 0.3 is 0 Å². The largest absolute Gasteiger partial charge is 0.330 e. The second-order valence-corrected chi connectivity index (χ2v) is 2.88. The van der Waals surface area contributed by atoms with Crippen molar-refractivity contribution < 1.29 is 0 Å². The Kier molecular flexibility index (Phi) is 6.39. The van der Waals surface area contributed by atoms with Gasteiger partial charge in [-0.25, -0.2) is 0 Å². The predicted molar refractivity (Wildman–Crippen MR) is 55.9 cm³/mol. The van der Waals surface area contributed by atoms with Crippen molar-refractivity contribution in [2.45, 2.75) is 20.3 Å². The lowest BCUT2D eigenvalue weighted by Crippen LogP contribution is -2.06. The Labute approximate surface area is 75.7 Å². The molecule has 0 heterocycles. The van der Waals surface area contributed by atoms with E-state index in [1.165, 1.54) is 5.57 Å². The van der Waals surface area contributed by atoms with E-state index in [0.717, 1.165) is 13.0 Å². The van der Waals surface area contributed by atoms with E-state index in [4.69, 9.17) is 5.73 Å². The lowest BCUT2D eigenvalue weighted by Gasteiger charge is -2.10. The van der Waals surface area contributed by atoms with Crippen LogP contribution in [0.15, 0.2) is 36.5 Å². The molecule has 0 spiro atoms. The first kappa shape index (κ1) is 11.2. The third kappa shape index (κ3) is 4.14. The first-order valence-corrected chi connectivity index (χ1v) is 4.41. The van der Waals surface area contributed by atoms with E-state index in [9.17, 15) is 0 Å². The van der Waals surface area contributed by atoms with Crippen molar-refractivity contribution >= 4 is 0 Å². The molecule has 1 heteroatoms. The van der Waals surface area contributed by atoms with Gasteiger partial charge in [-0.2, -0.15) is 0 Å². The molecule has 0 aromatic carbocycles. The zero-order chi connectivity index (χ0) is 9.40. The molecule has 0 aliphatic rings. The molecule has 2 N–H and O–H groups in total. The maximum absolute atomic E-state index is 5.48. The van der Waals surface area contributed by atoms with Gasteiger partial charge in [0.1, 0.15) is 0 Å². The summed E-state index contributed by atoms with van der Waals surface area (Å²) < 4.78 is 0. The Bertz CT molecular complexity index is 177. The Balaban J connectivity index is 4.28. The zero-order valence-corrected chi connectivity index (χ0v) is 8.09. The minimum Gasteiger partial charge on any atom is -0.330 e. The molecule has 0 aliphatic heterocycles. The van der Waals surface area contributed by atoms with Crippen molar-refractivity contribution in [2.24, 2.45) is 11.7 Å². The second-order valence-electron chi connectivity index (χ2n) is 2.88. The van der Waals surface area contributed by atoms with Crippen LogP contribution in [0.1, 0.15) is 20.3 Å². The quantitative estimate of drug-likeness (QED) is 0.623. The highest BCUT2D eigenvalue weighted by Crippen LogP contribution is 2.15. The molecule has 0 rings (SSSR count). The van der Waals surface area contributed by atoms with Gasteiger partial charge in [-0.05, 0) is 31.4 Å². The van der Waals surface area contributed by atoms with Crippen molar-refractivity contribution in [3.05, 3.63) is 36.5 Å². The molecular formula is C11H19N. The highest BCUT2D eigenvalue weighted by atomic mass is 14.5. The number of rotatable bonds is 5. The molecule has 1 nitrogen and oxygen atoms in total. The van der Waals surface area contributed by atoms with Crippen molar-refractivity contribution in [2.75, 3.05) is 6.54 Å². The number of hydrogen-bond acceptors (Lipinski definition) is 1. The van der Waals surface area contributed by atoms with Gasteiger partial charge in [0.05, 0.1) is 0 Å². The van der Waals surface area contributed by atoms with E-state index in [0.29, 0.717) is 5.92 Å². The summed E-state index contributed by atoms with van der Waals surface area (Å²) in [6.45, 7) is 8.63. The van der Waals surface area contributed by atoms with E-state index in [1.54, 1.807) is 0 Å². The maximum Gasteiger partial charge on any atom is -0.00715 e. The van der Waals surface area contributed by atoms with E-state index < -0.39 is 0 Å². The summed E-state index contributed by atoms with van der Waals surface area (Å²) >= 11 is 0. The molecule has 68 valence electrons. The van der Waals surface area contributed by atoms with Gasteiger partial charge < -0.3 is 5.73 Å². The SMILES string of the molecule is C=C/C=C(\C=C/C)C(C)CCN.